The van der Waals surface area contributed by atoms with Gasteiger partial charge in [-0.3, -0.25) is 4.90 Å². The molecule has 0 unspecified atom stereocenters. The topological polar surface area (TPSA) is 41.9 Å². The first-order chi connectivity index (χ1) is 10.7. The second kappa shape index (κ2) is 6.39. The molecule has 0 aromatic heterocycles. The second-order valence-electron chi connectivity index (χ2n) is 8.50. The molecule has 4 nitrogen and oxygen atoms in total. The van der Waals surface area contributed by atoms with Crippen molar-refractivity contribution in [1.82, 2.24) is 4.90 Å². The Morgan fingerprint density at radius 1 is 1.05 bits per heavy atom. The highest BCUT2D eigenvalue weighted by Crippen LogP contribution is 2.60. The van der Waals surface area contributed by atoms with Gasteiger partial charge in [-0.25, -0.2) is 0 Å². The van der Waals surface area contributed by atoms with Crippen molar-refractivity contribution in [1.29, 1.82) is 0 Å². The maximum absolute atomic E-state index is 10.2. The normalized spacial score (nSPS) is 42.7. The van der Waals surface area contributed by atoms with Crippen molar-refractivity contribution in [2.24, 2.45) is 23.2 Å². The monoisotopic (exact) mass is 309 g/mol. The molecule has 4 heteroatoms. The maximum atomic E-state index is 10.2. The quantitative estimate of drug-likeness (QED) is 0.814. The van der Waals surface area contributed by atoms with Crippen LogP contribution in [0, 0.1) is 23.2 Å². The van der Waals surface area contributed by atoms with E-state index < -0.39 is 0 Å². The van der Waals surface area contributed by atoms with Gasteiger partial charge >= 0.3 is 0 Å². The minimum absolute atomic E-state index is 0.355. The lowest BCUT2D eigenvalue weighted by molar-refractivity contribution is -0.108. The summed E-state index contributed by atoms with van der Waals surface area (Å²) in [6.07, 6.45) is 8.26. The first-order valence-corrected chi connectivity index (χ1v) is 9.27. The van der Waals surface area contributed by atoms with Crippen LogP contribution < -0.4 is 0 Å². The second-order valence-corrected chi connectivity index (χ2v) is 8.50. The number of rotatable bonds is 6. The van der Waals surface area contributed by atoms with Crippen molar-refractivity contribution in [2.75, 3.05) is 46.1 Å². The lowest BCUT2D eigenvalue weighted by Gasteiger charge is -2.56. The van der Waals surface area contributed by atoms with Crippen LogP contribution in [0.15, 0.2) is 0 Å². The Balaban J connectivity index is 1.21. The number of β-amino-alcohol motifs (C(OH)–C–C–N with tert-alkyl or cyclic N) is 1. The van der Waals surface area contributed by atoms with Crippen LogP contribution in [0.2, 0.25) is 0 Å². The molecule has 4 bridgehead atoms. The van der Waals surface area contributed by atoms with Crippen molar-refractivity contribution in [2.45, 2.75) is 44.6 Å². The highest BCUT2D eigenvalue weighted by molar-refractivity contribution is 5.01. The third-order valence-corrected chi connectivity index (χ3v) is 6.46. The summed E-state index contributed by atoms with van der Waals surface area (Å²) in [6, 6.07) is 0. The van der Waals surface area contributed by atoms with Crippen LogP contribution in [0.5, 0.6) is 0 Å². The minimum Gasteiger partial charge on any atom is -0.389 e. The van der Waals surface area contributed by atoms with Gasteiger partial charge in [0.15, 0.2) is 0 Å². The minimum atomic E-state index is -0.355. The fourth-order valence-corrected chi connectivity index (χ4v) is 6.01. The Morgan fingerprint density at radius 3 is 2.23 bits per heavy atom. The van der Waals surface area contributed by atoms with E-state index in [0.29, 0.717) is 12.0 Å². The molecule has 126 valence electrons. The predicted octanol–water partition coefficient (Wildman–Crippen LogP) is 1.91. The Labute approximate surface area is 134 Å². The average molecular weight is 309 g/mol. The molecule has 5 rings (SSSR count). The fourth-order valence-electron chi connectivity index (χ4n) is 6.01. The lowest BCUT2D eigenvalue weighted by Crippen LogP contribution is -2.48. The van der Waals surface area contributed by atoms with E-state index in [1.54, 1.807) is 0 Å². The van der Waals surface area contributed by atoms with Crippen LogP contribution in [0.1, 0.15) is 38.5 Å². The van der Waals surface area contributed by atoms with Crippen molar-refractivity contribution >= 4 is 0 Å². The molecule has 4 saturated carbocycles. The summed E-state index contributed by atoms with van der Waals surface area (Å²) in [6.45, 7) is 5.57. The summed E-state index contributed by atoms with van der Waals surface area (Å²) in [7, 11) is 0. The summed E-state index contributed by atoms with van der Waals surface area (Å²) in [5, 5.41) is 10.2. The van der Waals surface area contributed by atoms with Gasteiger partial charge in [0.2, 0.25) is 0 Å². The molecule has 1 N–H and O–H groups in total. The summed E-state index contributed by atoms with van der Waals surface area (Å²) in [4.78, 5) is 2.28. The fraction of sp³-hybridized carbons (Fsp3) is 1.00. The van der Waals surface area contributed by atoms with Crippen LogP contribution in [-0.2, 0) is 9.47 Å². The van der Waals surface area contributed by atoms with Gasteiger partial charge in [-0.2, -0.15) is 0 Å². The van der Waals surface area contributed by atoms with Crippen LogP contribution in [0.3, 0.4) is 0 Å². The van der Waals surface area contributed by atoms with E-state index in [9.17, 15) is 5.11 Å². The Morgan fingerprint density at radius 2 is 1.64 bits per heavy atom. The summed E-state index contributed by atoms with van der Waals surface area (Å²) in [5.74, 6) is 2.94. The molecule has 4 aliphatic carbocycles. The van der Waals surface area contributed by atoms with Gasteiger partial charge in [0.1, 0.15) is 0 Å². The average Bonchev–Trinajstić information content (AvgIpc) is 2.46. The standard InChI is InChI=1S/C18H31NO3/c20-17(11-19-1-3-21-4-2-19)12-22-13-18-8-14-5-15(9-18)7-16(6-14)10-18/h14-17,20H,1-13H2/t14?,15?,16?,17-,18?/m1/s1. The van der Waals surface area contributed by atoms with Gasteiger partial charge < -0.3 is 14.6 Å². The molecular formula is C18H31NO3. The number of aliphatic hydroxyl groups is 1. The highest BCUT2D eigenvalue weighted by Gasteiger charge is 2.50. The zero-order valence-electron chi connectivity index (χ0n) is 13.7. The molecule has 0 aromatic carbocycles. The van der Waals surface area contributed by atoms with Gasteiger partial charge in [-0.15, -0.1) is 0 Å². The highest BCUT2D eigenvalue weighted by atomic mass is 16.5. The first-order valence-electron chi connectivity index (χ1n) is 9.27. The van der Waals surface area contributed by atoms with E-state index in [2.05, 4.69) is 4.90 Å². The van der Waals surface area contributed by atoms with Crippen LogP contribution >= 0.6 is 0 Å². The third kappa shape index (κ3) is 3.35. The number of ether oxygens (including phenoxy) is 2. The number of nitrogens with zero attached hydrogens (tertiary/aromatic N) is 1. The molecule has 1 aliphatic heterocycles. The summed E-state index contributed by atoms with van der Waals surface area (Å²) < 4.78 is 11.4. The summed E-state index contributed by atoms with van der Waals surface area (Å²) in [5.41, 5.74) is 0.466. The van der Waals surface area contributed by atoms with Crippen molar-refractivity contribution in [3.05, 3.63) is 0 Å². The number of aliphatic hydroxyl groups excluding tert-OH is 1. The van der Waals surface area contributed by atoms with E-state index in [1.807, 2.05) is 0 Å². The van der Waals surface area contributed by atoms with E-state index in [-0.39, 0.29) is 6.10 Å². The smallest absolute Gasteiger partial charge is 0.0900 e. The van der Waals surface area contributed by atoms with Gasteiger partial charge in [-0.1, -0.05) is 0 Å². The van der Waals surface area contributed by atoms with Crippen LogP contribution in [0.25, 0.3) is 0 Å². The van der Waals surface area contributed by atoms with E-state index in [1.165, 1.54) is 38.5 Å². The Kier molecular flexibility index (Phi) is 4.46. The molecule has 22 heavy (non-hydrogen) atoms. The van der Waals surface area contributed by atoms with Crippen LogP contribution in [0.4, 0.5) is 0 Å². The van der Waals surface area contributed by atoms with Gasteiger partial charge in [-0.05, 0) is 61.7 Å². The molecule has 5 fully saturated rings. The molecule has 1 heterocycles. The van der Waals surface area contributed by atoms with Gasteiger partial charge in [0.05, 0.1) is 32.5 Å². The molecule has 5 aliphatic rings. The molecule has 1 saturated heterocycles. The molecule has 0 radical (unpaired) electrons. The molecule has 1 atom stereocenters. The predicted molar refractivity (Wildman–Crippen MR) is 84.7 cm³/mol. The number of hydrogen-bond donors (Lipinski definition) is 1. The Hall–Kier alpha value is -0.160. The molecular weight excluding hydrogens is 278 g/mol. The largest absolute Gasteiger partial charge is 0.389 e. The van der Waals surface area contributed by atoms with Crippen LogP contribution in [-0.4, -0.2) is 62.2 Å². The lowest BCUT2D eigenvalue weighted by atomic mass is 9.50. The van der Waals surface area contributed by atoms with E-state index >= 15 is 0 Å². The zero-order chi connectivity index (χ0) is 15.0. The van der Waals surface area contributed by atoms with Gasteiger partial charge in [0, 0.05) is 19.6 Å². The SMILES string of the molecule is O[C@@H](COCC12CC3CC(CC(C3)C1)C2)CN1CCOCC1. The molecule has 0 spiro atoms. The number of morpholine rings is 1. The van der Waals surface area contributed by atoms with Crippen molar-refractivity contribution in [3.8, 4) is 0 Å². The summed E-state index contributed by atoms with van der Waals surface area (Å²) >= 11 is 0. The third-order valence-electron chi connectivity index (χ3n) is 6.46. The van der Waals surface area contributed by atoms with E-state index in [0.717, 1.165) is 57.2 Å². The van der Waals surface area contributed by atoms with E-state index in [4.69, 9.17) is 9.47 Å². The van der Waals surface area contributed by atoms with Crippen molar-refractivity contribution < 1.29 is 14.6 Å². The van der Waals surface area contributed by atoms with Gasteiger partial charge in [0.25, 0.3) is 0 Å². The zero-order valence-corrected chi connectivity index (χ0v) is 13.7. The maximum Gasteiger partial charge on any atom is 0.0900 e. The van der Waals surface area contributed by atoms with Crippen molar-refractivity contribution in [3.63, 3.8) is 0 Å². The first kappa shape index (κ1) is 15.4. The number of hydrogen-bond acceptors (Lipinski definition) is 4. The molecule has 0 amide bonds. The Bertz CT molecular complexity index is 345. The molecule has 0 aromatic rings.